The predicted molar refractivity (Wildman–Crippen MR) is 72.7 cm³/mol. The molecule has 0 radical (unpaired) electrons. The van der Waals surface area contributed by atoms with Crippen molar-refractivity contribution in [2.45, 2.75) is 44.3 Å². The van der Waals surface area contributed by atoms with Crippen molar-refractivity contribution in [1.82, 2.24) is 5.32 Å². The smallest absolute Gasteiger partial charge is 0.407 e. The second kappa shape index (κ2) is 6.57. The van der Waals surface area contributed by atoms with Gasteiger partial charge < -0.3 is 15.2 Å². The fourth-order valence-electron chi connectivity index (χ4n) is 2.45. The Morgan fingerprint density at radius 3 is 2.63 bits per heavy atom. The number of rotatable bonds is 5. The molecule has 1 amide bonds. The second-order valence-corrected chi connectivity index (χ2v) is 5.17. The monoisotopic (exact) mass is 263 g/mol. The van der Waals surface area contributed by atoms with Gasteiger partial charge in [0.05, 0.1) is 5.60 Å². The predicted octanol–water partition coefficient (Wildman–Crippen LogP) is 2.61. The molecule has 1 aliphatic carbocycles. The summed E-state index contributed by atoms with van der Waals surface area (Å²) in [5.74, 6) is 0. The van der Waals surface area contributed by atoms with Gasteiger partial charge >= 0.3 is 6.09 Å². The van der Waals surface area contributed by atoms with Crippen LogP contribution in [0.25, 0.3) is 0 Å². The minimum atomic E-state index is -0.577. The Hall–Kier alpha value is -1.55. The van der Waals surface area contributed by atoms with Gasteiger partial charge in [0.15, 0.2) is 0 Å². The van der Waals surface area contributed by atoms with Crippen molar-refractivity contribution in [2.24, 2.45) is 0 Å². The zero-order chi connectivity index (χ0) is 13.6. The van der Waals surface area contributed by atoms with E-state index in [2.05, 4.69) is 5.32 Å². The highest BCUT2D eigenvalue weighted by molar-refractivity contribution is 5.67. The normalized spacial score (nSPS) is 17.1. The molecule has 0 atom stereocenters. The number of amides is 1. The minimum absolute atomic E-state index is 0.275. The molecular formula is C15H21NO3. The molecule has 1 fully saturated rings. The molecule has 104 valence electrons. The van der Waals surface area contributed by atoms with Crippen molar-refractivity contribution in [3.63, 3.8) is 0 Å². The van der Waals surface area contributed by atoms with E-state index < -0.39 is 11.7 Å². The number of hydrogen-bond donors (Lipinski definition) is 2. The number of ether oxygens (including phenoxy) is 1. The maximum atomic E-state index is 11.5. The third-order valence-corrected chi connectivity index (χ3v) is 3.61. The van der Waals surface area contributed by atoms with Gasteiger partial charge in [0.25, 0.3) is 0 Å². The van der Waals surface area contributed by atoms with Crippen LogP contribution in [0, 0.1) is 0 Å². The summed E-state index contributed by atoms with van der Waals surface area (Å²) in [5, 5.41) is 12.8. The van der Waals surface area contributed by atoms with Crippen LogP contribution in [-0.4, -0.2) is 23.3 Å². The van der Waals surface area contributed by atoms with Crippen LogP contribution in [-0.2, 0) is 11.3 Å². The van der Waals surface area contributed by atoms with Crippen LogP contribution >= 0.6 is 0 Å². The zero-order valence-corrected chi connectivity index (χ0v) is 11.1. The topological polar surface area (TPSA) is 58.6 Å². The van der Waals surface area contributed by atoms with E-state index in [1.54, 1.807) is 0 Å². The quantitative estimate of drug-likeness (QED) is 0.858. The first-order chi connectivity index (χ1) is 9.18. The molecule has 0 aliphatic heterocycles. The standard InChI is InChI=1S/C15H21NO3/c17-14(19-12-13-6-2-1-3-7-13)16-11-10-15(18)8-4-5-9-15/h1-3,6-7,18H,4-5,8-12H2,(H,16,17). The maximum Gasteiger partial charge on any atom is 0.407 e. The number of aliphatic hydroxyl groups is 1. The lowest BCUT2D eigenvalue weighted by molar-refractivity contribution is 0.0387. The molecule has 4 nitrogen and oxygen atoms in total. The number of hydrogen-bond acceptors (Lipinski definition) is 3. The fraction of sp³-hybridized carbons (Fsp3) is 0.533. The second-order valence-electron chi connectivity index (χ2n) is 5.17. The van der Waals surface area contributed by atoms with E-state index in [1.165, 1.54) is 0 Å². The molecule has 2 N–H and O–H groups in total. The van der Waals surface area contributed by atoms with Gasteiger partial charge in [-0.2, -0.15) is 0 Å². The van der Waals surface area contributed by atoms with Crippen LogP contribution in [0.2, 0.25) is 0 Å². The van der Waals surface area contributed by atoms with Crippen molar-refractivity contribution in [2.75, 3.05) is 6.54 Å². The number of benzene rings is 1. The highest BCUT2D eigenvalue weighted by Gasteiger charge is 2.30. The van der Waals surface area contributed by atoms with E-state index in [0.717, 1.165) is 31.2 Å². The van der Waals surface area contributed by atoms with Gasteiger partial charge in [0, 0.05) is 6.54 Å². The molecule has 1 aromatic rings. The molecule has 0 heterocycles. The van der Waals surface area contributed by atoms with E-state index in [4.69, 9.17) is 4.74 Å². The first-order valence-corrected chi connectivity index (χ1v) is 6.85. The van der Waals surface area contributed by atoms with Gasteiger partial charge in [-0.25, -0.2) is 4.79 Å². The van der Waals surface area contributed by atoms with Gasteiger partial charge in [-0.1, -0.05) is 43.2 Å². The van der Waals surface area contributed by atoms with E-state index in [0.29, 0.717) is 13.0 Å². The number of alkyl carbamates (subject to hydrolysis) is 1. The summed E-state index contributed by atoms with van der Waals surface area (Å²) in [7, 11) is 0. The molecule has 0 saturated heterocycles. The van der Waals surface area contributed by atoms with Crippen molar-refractivity contribution in [3.8, 4) is 0 Å². The molecule has 1 saturated carbocycles. The molecule has 0 bridgehead atoms. The molecule has 2 rings (SSSR count). The molecule has 0 spiro atoms. The highest BCUT2D eigenvalue weighted by atomic mass is 16.5. The van der Waals surface area contributed by atoms with Crippen LogP contribution in [0.1, 0.15) is 37.7 Å². The molecule has 19 heavy (non-hydrogen) atoms. The van der Waals surface area contributed by atoms with Crippen molar-refractivity contribution in [1.29, 1.82) is 0 Å². The Morgan fingerprint density at radius 1 is 1.26 bits per heavy atom. The van der Waals surface area contributed by atoms with E-state index in [9.17, 15) is 9.90 Å². The summed E-state index contributed by atoms with van der Waals surface area (Å²) < 4.78 is 5.09. The fourth-order valence-corrected chi connectivity index (χ4v) is 2.45. The van der Waals surface area contributed by atoms with Gasteiger partial charge in [0.2, 0.25) is 0 Å². The SMILES string of the molecule is O=C(NCCC1(O)CCCC1)OCc1ccccc1. The van der Waals surface area contributed by atoms with Crippen molar-refractivity contribution < 1.29 is 14.6 Å². The zero-order valence-electron chi connectivity index (χ0n) is 11.1. The minimum Gasteiger partial charge on any atom is -0.445 e. The van der Waals surface area contributed by atoms with Gasteiger partial charge in [-0.05, 0) is 24.8 Å². The van der Waals surface area contributed by atoms with Gasteiger partial charge in [-0.15, -0.1) is 0 Å². The average molecular weight is 263 g/mol. The molecule has 1 aliphatic rings. The summed E-state index contributed by atoms with van der Waals surface area (Å²) in [6, 6.07) is 9.56. The molecule has 0 aromatic heterocycles. The summed E-state index contributed by atoms with van der Waals surface area (Å²) in [4.78, 5) is 11.5. The lowest BCUT2D eigenvalue weighted by Gasteiger charge is -2.21. The summed E-state index contributed by atoms with van der Waals surface area (Å²) in [5.41, 5.74) is 0.388. The van der Waals surface area contributed by atoms with Crippen LogP contribution in [0.15, 0.2) is 30.3 Å². The summed E-state index contributed by atoms with van der Waals surface area (Å²) >= 11 is 0. The largest absolute Gasteiger partial charge is 0.445 e. The lowest BCUT2D eigenvalue weighted by Crippen LogP contribution is -2.33. The Kier molecular flexibility index (Phi) is 4.80. The van der Waals surface area contributed by atoms with Crippen molar-refractivity contribution >= 4 is 6.09 Å². The molecule has 4 heteroatoms. The van der Waals surface area contributed by atoms with Crippen LogP contribution in [0.5, 0.6) is 0 Å². The number of carbonyl (C=O) groups is 1. The van der Waals surface area contributed by atoms with Crippen LogP contribution in [0.3, 0.4) is 0 Å². The molecular weight excluding hydrogens is 242 g/mol. The Bertz CT molecular complexity index is 399. The summed E-state index contributed by atoms with van der Waals surface area (Å²) in [6.45, 7) is 0.737. The first kappa shape index (κ1) is 13.9. The highest BCUT2D eigenvalue weighted by Crippen LogP contribution is 2.31. The van der Waals surface area contributed by atoms with Crippen molar-refractivity contribution in [3.05, 3.63) is 35.9 Å². The van der Waals surface area contributed by atoms with E-state index in [1.807, 2.05) is 30.3 Å². The maximum absolute atomic E-state index is 11.5. The first-order valence-electron chi connectivity index (χ1n) is 6.85. The van der Waals surface area contributed by atoms with Crippen LogP contribution < -0.4 is 5.32 Å². The molecule has 1 aromatic carbocycles. The number of carbonyl (C=O) groups excluding carboxylic acids is 1. The number of nitrogens with one attached hydrogen (secondary N) is 1. The average Bonchev–Trinajstić information content (AvgIpc) is 2.85. The van der Waals surface area contributed by atoms with Gasteiger partial charge in [0.1, 0.15) is 6.61 Å². The van der Waals surface area contributed by atoms with Crippen LogP contribution in [0.4, 0.5) is 4.79 Å². The van der Waals surface area contributed by atoms with E-state index in [-0.39, 0.29) is 6.61 Å². The Balaban J connectivity index is 1.62. The lowest BCUT2D eigenvalue weighted by atomic mass is 9.98. The summed E-state index contributed by atoms with van der Waals surface area (Å²) in [6.07, 6.45) is 4.02. The van der Waals surface area contributed by atoms with Gasteiger partial charge in [-0.3, -0.25) is 0 Å². The Labute approximate surface area is 113 Å². The third-order valence-electron chi connectivity index (χ3n) is 3.61. The molecule has 0 unspecified atom stereocenters. The third kappa shape index (κ3) is 4.56. The Morgan fingerprint density at radius 2 is 1.95 bits per heavy atom. The van der Waals surface area contributed by atoms with E-state index >= 15 is 0 Å².